The number of aryl methyl sites for hydroxylation is 2. The van der Waals surface area contributed by atoms with E-state index in [-0.39, 0.29) is 5.54 Å². The lowest BCUT2D eigenvalue weighted by molar-refractivity contribution is 0.0485. The van der Waals surface area contributed by atoms with Crippen LogP contribution in [-0.2, 0) is 4.74 Å². The van der Waals surface area contributed by atoms with Gasteiger partial charge >= 0.3 is 0 Å². The fraction of sp³-hybridized carbons (Fsp3) is 0.611. The van der Waals surface area contributed by atoms with Crippen LogP contribution in [0, 0.1) is 13.8 Å². The number of rotatable bonds is 2. The molecule has 0 aromatic carbocycles. The molecule has 7 heteroatoms. The summed E-state index contributed by atoms with van der Waals surface area (Å²) in [6.07, 6.45) is 6.87. The highest BCUT2D eigenvalue weighted by Gasteiger charge is 2.40. The van der Waals surface area contributed by atoms with Crippen LogP contribution < -0.4 is 10.2 Å². The lowest BCUT2D eigenvalue weighted by Gasteiger charge is -2.46. The first-order valence-electron chi connectivity index (χ1n) is 9.10. The highest BCUT2D eigenvalue weighted by atomic mass is 16.5. The van der Waals surface area contributed by atoms with E-state index in [2.05, 4.69) is 26.4 Å². The third-order valence-electron chi connectivity index (χ3n) is 5.39. The van der Waals surface area contributed by atoms with Crippen molar-refractivity contribution in [3.05, 3.63) is 29.8 Å². The van der Waals surface area contributed by atoms with Gasteiger partial charge in [0.2, 0.25) is 0 Å². The molecule has 0 saturated carbocycles. The average Bonchev–Trinajstić information content (AvgIpc) is 2.84. The molecule has 134 valence electrons. The summed E-state index contributed by atoms with van der Waals surface area (Å²) in [4.78, 5) is 11.9. The van der Waals surface area contributed by atoms with Gasteiger partial charge in [0.1, 0.15) is 5.82 Å². The SMILES string of the molecule is Cc1cc(C)n(-c2cncc(N3CCNCCC34CCOCC4)n2)n1. The molecule has 0 atom stereocenters. The monoisotopic (exact) mass is 342 g/mol. The molecule has 2 aromatic heterocycles. The minimum Gasteiger partial charge on any atom is -0.381 e. The first-order chi connectivity index (χ1) is 12.2. The van der Waals surface area contributed by atoms with Gasteiger partial charge in [0.05, 0.1) is 18.1 Å². The van der Waals surface area contributed by atoms with Crippen LogP contribution in [0.1, 0.15) is 30.7 Å². The fourth-order valence-corrected chi connectivity index (χ4v) is 4.08. The van der Waals surface area contributed by atoms with Crippen molar-refractivity contribution in [3.8, 4) is 5.82 Å². The van der Waals surface area contributed by atoms with E-state index in [4.69, 9.17) is 9.72 Å². The molecule has 2 saturated heterocycles. The molecule has 0 unspecified atom stereocenters. The third-order valence-corrected chi connectivity index (χ3v) is 5.39. The second-order valence-corrected chi connectivity index (χ2v) is 7.06. The van der Waals surface area contributed by atoms with Crippen molar-refractivity contribution in [1.29, 1.82) is 0 Å². The molecule has 2 aliphatic heterocycles. The molecule has 2 fully saturated rings. The van der Waals surface area contributed by atoms with Crippen molar-refractivity contribution in [1.82, 2.24) is 25.1 Å². The van der Waals surface area contributed by atoms with Gasteiger partial charge in [0.25, 0.3) is 0 Å². The second kappa shape index (κ2) is 6.72. The van der Waals surface area contributed by atoms with Crippen molar-refractivity contribution in [2.24, 2.45) is 0 Å². The van der Waals surface area contributed by atoms with Crippen LogP contribution in [-0.4, -0.2) is 58.1 Å². The van der Waals surface area contributed by atoms with E-state index in [1.54, 1.807) is 6.20 Å². The van der Waals surface area contributed by atoms with Gasteiger partial charge in [-0.25, -0.2) is 9.67 Å². The number of nitrogens with one attached hydrogen (secondary N) is 1. The number of anilines is 1. The van der Waals surface area contributed by atoms with E-state index < -0.39 is 0 Å². The Balaban J connectivity index is 1.72. The Kier molecular flexibility index (Phi) is 4.43. The first kappa shape index (κ1) is 16.5. The number of hydrogen-bond acceptors (Lipinski definition) is 6. The van der Waals surface area contributed by atoms with Crippen molar-refractivity contribution >= 4 is 5.82 Å². The summed E-state index contributed by atoms with van der Waals surface area (Å²) in [6.45, 7) is 8.63. The van der Waals surface area contributed by atoms with Crippen molar-refractivity contribution in [3.63, 3.8) is 0 Å². The molecule has 0 aliphatic carbocycles. The van der Waals surface area contributed by atoms with Crippen LogP contribution in [0.5, 0.6) is 0 Å². The molecular formula is C18H26N6O. The highest BCUT2D eigenvalue weighted by Crippen LogP contribution is 2.35. The molecule has 2 aliphatic rings. The zero-order valence-electron chi connectivity index (χ0n) is 15.0. The fourth-order valence-electron chi connectivity index (χ4n) is 4.08. The first-order valence-corrected chi connectivity index (χ1v) is 9.10. The predicted octanol–water partition coefficient (Wildman–Crippen LogP) is 1.63. The Bertz CT molecular complexity index is 737. The minimum atomic E-state index is 0.115. The summed E-state index contributed by atoms with van der Waals surface area (Å²) in [6, 6.07) is 2.06. The van der Waals surface area contributed by atoms with Gasteiger partial charge in [-0.3, -0.25) is 4.98 Å². The molecule has 4 rings (SSSR count). The maximum Gasteiger partial charge on any atom is 0.174 e. The predicted molar refractivity (Wildman–Crippen MR) is 96.2 cm³/mol. The Morgan fingerprint density at radius 1 is 1.08 bits per heavy atom. The Morgan fingerprint density at radius 2 is 1.88 bits per heavy atom. The summed E-state index contributed by atoms with van der Waals surface area (Å²) in [7, 11) is 0. The van der Waals surface area contributed by atoms with Gasteiger partial charge in [-0.2, -0.15) is 5.10 Å². The van der Waals surface area contributed by atoms with Crippen molar-refractivity contribution in [2.45, 2.75) is 38.6 Å². The number of nitrogens with zero attached hydrogens (tertiary/aromatic N) is 5. The molecule has 0 amide bonds. The van der Waals surface area contributed by atoms with Gasteiger partial charge in [-0.1, -0.05) is 0 Å². The molecular weight excluding hydrogens is 316 g/mol. The van der Waals surface area contributed by atoms with E-state index in [0.717, 1.165) is 75.1 Å². The maximum atomic E-state index is 5.64. The topological polar surface area (TPSA) is 68.1 Å². The van der Waals surface area contributed by atoms with Crippen molar-refractivity contribution in [2.75, 3.05) is 37.7 Å². The number of aromatic nitrogens is 4. The van der Waals surface area contributed by atoms with E-state index in [0.29, 0.717) is 0 Å². The summed E-state index contributed by atoms with van der Waals surface area (Å²) in [5.74, 6) is 1.72. The van der Waals surface area contributed by atoms with Gasteiger partial charge < -0.3 is 15.0 Å². The Morgan fingerprint density at radius 3 is 2.64 bits per heavy atom. The molecule has 1 N–H and O–H groups in total. The van der Waals surface area contributed by atoms with Gasteiger partial charge in [-0.05, 0) is 45.7 Å². The molecule has 7 nitrogen and oxygen atoms in total. The molecule has 0 bridgehead atoms. The van der Waals surface area contributed by atoms with Crippen LogP contribution in [0.25, 0.3) is 5.82 Å². The third kappa shape index (κ3) is 3.14. The summed E-state index contributed by atoms with van der Waals surface area (Å²) >= 11 is 0. The zero-order chi connectivity index (χ0) is 17.3. The molecule has 4 heterocycles. The van der Waals surface area contributed by atoms with E-state index in [1.165, 1.54) is 0 Å². The normalized spacial score (nSPS) is 20.6. The van der Waals surface area contributed by atoms with Crippen LogP contribution in [0.3, 0.4) is 0 Å². The average molecular weight is 342 g/mol. The van der Waals surface area contributed by atoms with Crippen molar-refractivity contribution < 1.29 is 4.74 Å². The van der Waals surface area contributed by atoms with Crippen LogP contribution in [0.15, 0.2) is 18.5 Å². The van der Waals surface area contributed by atoms with Gasteiger partial charge in [0.15, 0.2) is 5.82 Å². The quantitative estimate of drug-likeness (QED) is 0.895. The van der Waals surface area contributed by atoms with E-state index in [9.17, 15) is 0 Å². The maximum absolute atomic E-state index is 5.64. The summed E-state index contributed by atoms with van der Waals surface area (Å²) in [5, 5.41) is 8.08. The summed E-state index contributed by atoms with van der Waals surface area (Å²) < 4.78 is 7.51. The van der Waals surface area contributed by atoms with E-state index >= 15 is 0 Å². The number of hydrogen-bond donors (Lipinski definition) is 1. The molecule has 25 heavy (non-hydrogen) atoms. The zero-order valence-corrected chi connectivity index (χ0v) is 15.0. The minimum absolute atomic E-state index is 0.115. The highest BCUT2D eigenvalue weighted by molar-refractivity contribution is 5.44. The molecule has 2 aromatic rings. The molecule has 1 spiro atoms. The Labute approximate surface area is 148 Å². The van der Waals surface area contributed by atoms with Crippen LogP contribution >= 0.6 is 0 Å². The smallest absolute Gasteiger partial charge is 0.174 e. The standard InChI is InChI=1S/C18H26N6O/c1-14-11-15(2)24(22-14)17-13-20-12-16(21-17)23-8-7-19-6-3-18(23)4-9-25-10-5-18/h11-13,19H,3-10H2,1-2H3. The number of ether oxygens (including phenoxy) is 1. The Hall–Kier alpha value is -1.99. The van der Waals surface area contributed by atoms with Gasteiger partial charge in [-0.15, -0.1) is 0 Å². The van der Waals surface area contributed by atoms with Crippen LogP contribution in [0.4, 0.5) is 5.82 Å². The second-order valence-electron chi connectivity index (χ2n) is 7.06. The lowest BCUT2D eigenvalue weighted by Crippen LogP contribution is -2.53. The largest absolute Gasteiger partial charge is 0.381 e. The van der Waals surface area contributed by atoms with E-state index in [1.807, 2.05) is 24.7 Å². The lowest BCUT2D eigenvalue weighted by atomic mass is 9.85. The summed E-state index contributed by atoms with van der Waals surface area (Å²) in [5.41, 5.74) is 2.18. The molecule has 0 radical (unpaired) electrons. The van der Waals surface area contributed by atoms with Crippen LogP contribution in [0.2, 0.25) is 0 Å². The van der Waals surface area contributed by atoms with Gasteiger partial charge in [0, 0.05) is 37.5 Å².